The van der Waals surface area contributed by atoms with Gasteiger partial charge in [0.1, 0.15) is 11.6 Å². The van der Waals surface area contributed by atoms with Gasteiger partial charge in [-0.3, -0.25) is 9.59 Å². The van der Waals surface area contributed by atoms with Gasteiger partial charge in [0, 0.05) is 31.3 Å². The lowest BCUT2D eigenvalue weighted by Crippen LogP contribution is -2.39. The fourth-order valence-corrected chi connectivity index (χ4v) is 3.93. The van der Waals surface area contributed by atoms with Crippen LogP contribution in [-0.2, 0) is 9.53 Å². The van der Waals surface area contributed by atoms with Crippen LogP contribution in [-0.4, -0.2) is 59.9 Å². The highest BCUT2D eigenvalue weighted by atomic mass is 16.5. The van der Waals surface area contributed by atoms with E-state index in [-0.39, 0.29) is 23.8 Å². The van der Waals surface area contributed by atoms with Gasteiger partial charge in [-0.1, -0.05) is 6.07 Å². The van der Waals surface area contributed by atoms with Gasteiger partial charge >= 0.3 is 0 Å². The highest BCUT2D eigenvalue weighted by Gasteiger charge is 2.28. The van der Waals surface area contributed by atoms with Crippen LogP contribution in [0, 0.1) is 5.92 Å². The third-order valence-corrected chi connectivity index (χ3v) is 5.64. The highest BCUT2D eigenvalue weighted by molar-refractivity contribution is 5.94. The second kappa shape index (κ2) is 8.65. The summed E-state index contributed by atoms with van der Waals surface area (Å²) >= 11 is 0. The number of nitrogens with one attached hydrogen (secondary N) is 1. The van der Waals surface area contributed by atoms with Crippen LogP contribution in [0.3, 0.4) is 0 Å². The van der Waals surface area contributed by atoms with Crippen molar-refractivity contribution in [2.24, 2.45) is 5.92 Å². The molecule has 1 aromatic carbocycles. The molecule has 0 radical (unpaired) electrons. The predicted molar refractivity (Wildman–Crippen MR) is 107 cm³/mol. The van der Waals surface area contributed by atoms with Crippen LogP contribution >= 0.6 is 0 Å². The fourth-order valence-electron chi connectivity index (χ4n) is 3.93. The van der Waals surface area contributed by atoms with Crippen molar-refractivity contribution < 1.29 is 19.1 Å². The molecule has 29 heavy (non-hydrogen) atoms. The number of hydrogen-bond donors (Lipinski definition) is 1. The van der Waals surface area contributed by atoms with Crippen LogP contribution in [0.2, 0.25) is 0 Å². The molecular formula is C21H26N4O4. The number of amides is 2. The zero-order chi connectivity index (χ0) is 20.2. The topological polar surface area (TPSA) is 85.7 Å². The maximum absolute atomic E-state index is 12.8. The van der Waals surface area contributed by atoms with Gasteiger partial charge in [0.25, 0.3) is 5.91 Å². The van der Waals surface area contributed by atoms with Crippen LogP contribution in [0.5, 0.6) is 5.75 Å². The molecule has 2 aliphatic rings. The zero-order valence-electron chi connectivity index (χ0n) is 16.5. The summed E-state index contributed by atoms with van der Waals surface area (Å²) in [7, 11) is 1.59. The largest absolute Gasteiger partial charge is 0.497 e. The van der Waals surface area contributed by atoms with Crippen LogP contribution in [0.15, 0.2) is 36.5 Å². The minimum atomic E-state index is -0.0966. The third kappa shape index (κ3) is 4.27. The smallest absolute Gasteiger partial charge is 0.253 e. The number of carbonyl (C=O) groups is 2. The van der Waals surface area contributed by atoms with E-state index in [0.717, 1.165) is 19.3 Å². The van der Waals surface area contributed by atoms with Crippen molar-refractivity contribution in [1.29, 1.82) is 0 Å². The fraction of sp³-hybridized carbons (Fsp3) is 0.476. The summed E-state index contributed by atoms with van der Waals surface area (Å²) in [5.41, 5.74) is 0.633. The first kappa shape index (κ1) is 19.4. The zero-order valence-corrected chi connectivity index (χ0v) is 16.5. The summed E-state index contributed by atoms with van der Waals surface area (Å²) in [5, 5.41) is 7.41. The highest BCUT2D eigenvalue weighted by Crippen LogP contribution is 2.27. The first-order valence-corrected chi connectivity index (χ1v) is 10.0. The lowest BCUT2D eigenvalue weighted by atomic mass is 10.0. The number of hydrogen-bond acceptors (Lipinski definition) is 5. The van der Waals surface area contributed by atoms with E-state index in [0.29, 0.717) is 43.4 Å². The Morgan fingerprint density at radius 2 is 2.03 bits per heavy atom. The molecule has 2 amide bonds. The van der Waals surface area contributed by atoms with Crippen molar-refractivity contribution in [3.05, 3.63) is 42.1 Å². The normalized spacial score (nSPS) is 19.9. The molecule has 2 aromatic rings. The van der Waals surface area contributed by atoms with E-state index < -0.39 is 0 Å². The van der Waals surface area contributed by atoms with E-state index in [9.17, 15) is 9.59 Å². The van der Waals surface area contributed by atoms with Crippen LogP contribution in [0.4, 0.5) is 5.82 Å². The molecule has 154 valence electrons. The van der Waals surface area contributed by atoms with Crippen molar-refractivity contribution in [3.63, 3.8) is 0 Å². The van der Waals surface area contributed by atoms with Crippen LogP contribution < -0.4 is 10.1 Å². The van der Waals surface area contributed by atoms with Gasteiger partial charge in [0.2, 0.25) is 5.91 Å². The number of rotatable bonds is 5. The molecule has 2 fully saturated rings. The van der Waals surface area contributed by atoms with Crippen molar-refractivity contribution in [1.82, 2.24) is 14.7 Å². The summed E-state index contributed by atoms with van der Waals surface area (Å²) in [6.45, 7) is 2.40. The Labute approximate surface area is 169 Å². The number of ether oxygens (including phenoxy) is 2. The summed E-state index contributed by atoms with van der Waals surface area (Å²) in [6.07, 6.45) is 4.03. The van der Waals surface area contributed by atoms with Gasteiger partial charge in [-0.05, 0) is 37.5 Å². The second-order valence-corrected chi connectivity index (χ2v) is 7.47. The first-order valence-electron chi connectivity index (χ1n) is 10.0. The Morgan fingerprint density at radius 3 is 2.76 bits per heavy atom. The number of methoxy groups -OCH3 is 1. The average molecular weight is 398 g/mol. The predicted octanol–water partition coefficient (Wildman–Crippen LogP) is 2.34. The molecule has 0 aliphatic carbocycles. The van der Waals surface area contributed by atoms with E-state index in [1.54, 1.807) is 19.4 Å². The van der Waals surface area contributed by atoms with Crippen molar-refractivity contribution in [2.45, 2.75) is 25.3 Å². The number of likely N-dealkylation sites (tertiary alicyclic amines) is 1. The van der Waals surface area contributed by atoms with E-state index in [4.69, 9.17) is 9.47 Å². The van der Waals surface area contributed by atoms with Gasteiger partial charge in [0.15, 0.2) is 0 Å². The number of benzene rings is 1. The van der Waals surface area contributed by atoms with E-state index >= 15 is 0 Å². The molecule has 1 atom stereocenters. The Hall–Kier alpha value is -2.87. The standard InChI is InChI=1S/C21H26N4O4/c1-28-18-4-2-3-15(13-18)21(27)24-10-6-17(7-11-24)25-19(5-9-22-25)23-20(26)16-8-12-29-14-16/h2-5,9,13,16-17H,6-8,10-12,14H2,1H3,(H,23,26)/t16-/m0/s1. The molecule has 0 saturated carbocycles. The molecule has 3 heterocycles. The van der Waals surface area contributed by atoms with Gasteiger partial charge in [0.05, 0.1) is 31.9 Å². The number of piperidine rings is 1. The molecule has 2 aliphatic heterocycles. The monoisotopic (exact) mass is 398 g/mol. The Morgan fingerprint density at radius 1 is 1.21 bits per heavy atom. The Balaban J connectivity index is 1.37. The number of nitrogens with zero attached hydrogens (tertiary/aromatic N) is 3. The first-order chi connectivity index (χ1) is 14.2. The van der Waals surface area contributed by atoms with Gasteiger partial charge in [-0.15, -0.1) is 0 Å². The summed E-state index contributed by atoms with van der Waals surface area (Å²) in [4.78, 5) is 27.1. The molecule has 1 N–H and O–H groups in total. The minimum absolute atomic E-state index is 0.0116. The molecule has 8 nitrogen and oxygen atoms in total. The Bertz CT molecular complexity index is 867. The quantitative estimate of drug-likeness (QED) is 0.836. The molecule has 8 heteroatoms. The van der Waals surface area contributed by atoms with Crippen LogP contribution in [0.25, 0.3) is 0 Å². The van der Waals surface area contributed by atoms with Gasteiger partial charge in [-0.25, -0.2) is 4.68 Å². The number of aromatic nitrogens is 2. The molecule has 0 spiro atoms. The third-order valence-electron chi connectivity index (χ3n) is 5.64. The molecule has 4 rings (SSSR count). The molecule has 2 saturated heterocycles. The lowest BCUT2D eigenvalue weighted by molar-refractivity contribution is -0.119. The SMILES string of the molecule is COc1cccc(C(=O)N2CCC(n3nccc3NC(=O)[C@H]3CCOC3)CC2)c1. The van der Waals surface area contributed by atoms with Crippen LogP contribution in [0.1, 0.15) is 35.7 Å². The van der Waals surface area contributed by atoms with E-state index in [1.807, 2.05) is 33.8 Å². The maximum Gasteiger partial charge on any atom is 0.253 e. The molecule has 1 aromatic heterocycles. The number of carbonyl (C=O) groups excluding carboxylic acids is 2. The maximum atomic E-state index is 12.8. The molecular weight excluding hydrogens is 372 g/mol. The molecule has 0 unspecified atom stereocenters. The van der Waals surface area contributed by atoms with Crippen molar-refractivity contribution >= 4 is 17.6 Å². The Kier molecular flexibility index (Phi) is 5.80. The van der Waals surface area contributed by atoms with E-state index in [1.165, 1.54) is 0 Å². The van der Waals surface area contributed by atoms with Crippen molar-refractivity contribution in [3.8, 4) is 5.75 Å². The second-order valence-electron chi connectivity index (χ2n) is 7.47. The summed E-state index contributed by atoms with van der Waals surface area (Å²) < 4.78 is 12.4. The average Bonchev–Trinajstić information content (AvgIpc) is 3.46. The minimum Gasteiger partial charge on any atom is -0.497 e. The molecule has 0 bridgehead atoms. The van der Waals surface area contributed by atoms with Crippen molar-refractivity contribution in [2.75, 3.05) is 38.7 Å². The summed E-state index contributed by atoms with van der Waals surface area (Å²) in [5.74, 6) is 1.28. The number of anilines is 1. The van der Waals surface area contributed by atoms with Gasteiger partial charge < -0.3 is 19.7 Å². The lowest BCUT2D eigenvalue weighted by Gasteiger charge is -2.33. The van der Waals surface area contributed by atoms with Gasteiger partial charge in [-0.2, -0.15) is 5.10 Å². The van der Waals surface area contributed by atoms with E-state index in [2.05, 4.69) is 10.4 Å². The summed E-state index contributed by atoms with van der Waals surface area (Å²) in [6, 6.07) is 9.20.